The van der Waals surface area contributed by atoms with E-state index in [-0.39, 0.29) is 19.5 Å². The van der Waals surface area contributed by atoms with Crippen LogP contribution in [0.1, 0.15) is 0 Å². The molecule has 0 amide bonds. The van der Waals surface area contributed by atoms with Crippen molar-refractivity contribution in [2.24, 2.45) is 11.5 Å². The molecule has 0 heterocycles. The zero-order valence-corrected chi connectivity index (χ0v) is 10.1. The van der Waals surface area contributed by atoms with Crippen LogP contribution in [0.15, 0.2) is 0 Å². The normalized spacial score (nSPS) is 6.67. The van der Waals surface area contributed by atoms with Crippen molar-refractivity contribution in [1.82, 2.24) is 0 Å². The zero-order chi connectivity index (χ0) is 6.83. The van der Waals surface area contributed by atoms with Gasteiger partial charge in [0.25, 0.3) is 0 Å². The molecule has 5 heteroatoms. The van der Waals surface area contributed by atoms with Crippen LogP contribution < -0.4 is 11.5 Å². The van der Waals surface area contributed by atoms with E-state index >= 15 is 0 Å². The van der Waals surface area contributed by atoms with Gasteiger partial charge >= 0.3 is 19.5 Å². The van der Waals surface area contributed by atoms with Crippen molar-refractivity contribution in [2.45, 2.75) is 0 Å². The van der Waals surface area contributed by atoms with E-state index < -0.39 is 0 Å². The second-order valence-electron chi connectivity index (χ2n) is 0.986. The largest absolute Gasteiger partial charge is 2.00 e. The molecule has 9 heavy (non-hydrogen) atoms. The van der Waals surface area contributed by atoms with Gasteiger partial charge in [0.1, 0.15) is 0 Å². The van der Waals surface area contributed by atoms with Crippen LogP contribution in [0.2, 0.25) is 0 Å². The van der Waals surface area contributed by atoms with Gasteiger partial charge in [0, 0.05) is 0 Å². The van der Waals surface area contributed by atoms with Crippen molar-refractivity contribution in [2.75, 3.05) is 24.6 Å². The van der Waals surface area contributed by atoms with E-state index in [1.54, 1.807) is 0 Å². The minimum Gasteiger partial charge on any atom is -0.791 e. The zero-order valence-electron chi connectivity index (χ0n) is 5.51. The van der Waals surface area contributed by atoms with Gasteiger partial charge in [-0.1, -0.05) is 0 Å². The Morgan fingerprint density at radius 3 is 1.00 bits per heavy atom. The molecule has 0 aromatic carbocycles. The minimum atomic E-state index is 0. The molecule has 0 atom stereocenters. The molecule has 4 N–H and O–H groups in total. The molecule has 52 valence electrons. The quantitative estimate of drug-likeness (QED) is 0.460. The van der Waals surface area contributed by atoms with Crippen LogP contribution in [0.5, 0.6) is 0 Å². The van der Waals surface area contributed by atoms with Gasteiger partial charge in [-0.25, -0.2) is 0 Å². The minimum absolute atomic E-state index is 0. The fraction of sp³-hybridized carbons (Fsp3) is 1.00. The van der Waals surface area contributed by atoms with Crippen LogP contribution in [0.4, 0.5) is 0 Å². The Morgan fingerprint density at radius 2 is 1.00 bits per heavy atom. The van der Waals surface area contributed by atoms with Crippen molar-refractivity contribution < 1.29 is 19.5 Å². The molecule has 0 saturated carbocycles. The monoisotopic (exact) mass is 216 g/mol. The van der Waals surface area contributed by atoms with Crippen LogP contribution >= 0.6 is 0 Å². The van der Waals surface area contributed by atoms with Gasteiger partial charge in [-0.15, -0.1) is 0 Å². The summed E-state index contributed by atoms with van der Waals surface area (Å²) in [4.78, 5) is 0. The topological polar surface area (TPSA) is 52.0 Å². The SMILES string of the molecule is NCC[S-].NCC[S-].[Zn+2]. The first-order valence-corrected chi connectivity index (χ1v) is 3.55. The van der Waals surface area contributed by atoms with Gasteiger partial charge in [-0.3, -0.25) is 0 Å². The van der Waals surface area contributed by atoms with E-state index in [9.17, 15) is 0 Å². The molecule has 0 spiro atoms. The maximum Gasteiger partial charge on any atom is 2.00 e. The van der Waals surface area contributed by atoms with Gasteiger partial charge in [0.2, 0.25) is 0 Å². The smallest absolute Gasteiger partial charge is 0.791 e. The molecule has 0 aliphatic heterocycles. The van der Waals surface area contributed by atoms with E-state index in [1.165, 1.54) is 0 Å². The number of rotatable bonds is 2. The third-order valence-electron chi connectivity index (χ3n) is 0.236. The molecule has 0 fully saturated rings. The summed E-state index contributed by atoms with van der Waals surface area (Å²) in [6, 6.07) is 0. The molecule has 0 bridgehead atoms. The maximum atomic E-state index is 4.92. The van der Waals surface area contributed by atoms with Crippen molar-refractivity contribution in [3.8, 4) is 0 Å². The number of hydrogen-bond acceptors (Lipinski definition) is 4. The molecule has 0 rings (SSSR count). The van der Waals surface area contributed by atoms with Crippen molar-refractivity contribution in [3.63, 3.8) is 0 Å². The van der Waals surface area contributed by atoms with Crippen LogP contribution in [0.25, 0.3) is 0 Å². The standard InChI is InChI=1S/2C2H7NS.Zn/c2*3-1-2-4;/h2*4H,1-3H2;/q;;+2/p-2. The van der Waals surface area contributed by atoms with Crippen molar-refractivity contribution in [1.29, 1.82) is 0 Å². The molecular formula is C4H12N2S2Zn. The van der Waals surface area contributed by atoms with E-state index in [1.807, 2.05) is 0 Å². The molecule has 0 aromatic rings. The molecule has 0 aliphatic carbocycles. The Hall–Kier alpha value is 1.24. The summed E-state index contributed by atoms with van der Waals surface area (Å²) in [5.74, 6) is 1.36. The number of nitrogens with two attached hydrogens (primary N) is 2. The Morgan fingerprint density at radius 1 is 0.889 bits per heavy atom. The van der Waals surface area contributed by atoms with Gasteiger partial charge < -0.3 is 36.7 Å². The molecular weight excluding hydrogens is 206 g/mol. The van der Waals surface area contributed by atoms with E-state index in [0.717, 1.165) is 0 Å². The summed E-state index contributed by atoms with van der Waals surface area (Å²) in [6.07, 6.45) is 0. The average Bonchev–Trinajstić information content (AvgIpc) is 1.88. The van der Waals surface area contributed by atoms with Crippen LogP contribution in [0.3, 0.4) is 0 Å². The van der Waals surface area contributed by atoms with Gasteiger partial charge in [0.05, 0.1) is 0 Å². The first-order valence-electron chi connectivity index (χ1n) is 2.39. The Kier molecular flexibility index (Phi) is 42.3. The number of hydrogen-bond donors (Lipinski definition) is 2. The van der Waals surface area contributed by atoms with Gasteiger partial charge in [-0.2, -0.15) is 11.5 Å². The Labute approximate surface area is 80.7 Å². The second-order valence-corrected chi connectivity index (χ2v) is 1.80. The van der Waals surface area contributed by atoms with Crippen molar-refractivity contribution >= 4 is 25.3 Å². The summed E-state index contributed by atoms with van der Waals surface area (Å²) in [6.45, 7) is 1.27. The first kappa shape index (κ1) is 16.7. The third kappa shape index (κ3) is 46.1. The summed E-state index contributed by atoms with van der Waals surface area (Å²) >= 11 is 8.86. The molecule has 0 radical (unpaired) electrons. The predicted octanol–water partition coefficient (Wildman–Crippen LogP) is -1.02. The van der Waals surface area contributed by atoms with Crippen LogP contribution in [-0.4, -0.2) is 24.6 Å². The summed E-state index contributed by atoms with van der Waals surface area (Å²) in [5, 5.41) is 0. The fourth-order valence-corrected chi connectivity index (χ4v) is 0. The average molecular weight is 218 g/mol. The van der Waals surface area contributed by atoms with E-state index in [4.69, 9.17) is 11.5 Å². The summed E-state index contributed by atoms with van der Waals surface area (Å²) in [7, 11) is 0. The summed E-state index contributed by atoms with van der Waals surface area (Å²) < 4.78 is 0. The van der Waals surface area contributed by atoms with E-state index in [0.29, 0.717) is 24.6 Å². The van der Waals surface area contributed by atoms with Crippen molar-refractivity contribution in [3.05, 3.63) is 0 Å². The molecule has 0 aromatic heterocycles. The van der Waals surface area contributed by atoms with Gasteiger partial charge in [-0.05, 0) is 13.1 Å². The fourth-order valence-electron chi connectivity index (χ4n) is 0. The van der Waals surface area contributed by atoms with E-state index in [2.05, 4.69) is 25.3 Å². The van der Waals surface area contributed by atoms with Gasteiger partial charge in [0.15, 0.2) is 0 Å². The maximum absolute atomic E-state index is 4.92. The molecule has 0 aliphatic rings. The molecule has 2 nitrogen and oxygen atoms in total. The molecule has 0 unspecified atom stereocenters. The third-order valence-corrected chi connectivity index (χ3v) is 0.707. The Bertz CT molecular complexity index is 24.5. The van der Waals surface area contributed by atoms with Crippen LogP contribution in [-0.2, 0) is 44.7 Å². The second kappa shape index (κ2) is 22.8. The first-order chi connectivity index (χ1) is 3.83. The predicted molar refractivity (Wildman–Crippen MR) is 42.6 cm³/mol. The van der Waals surface area contributed by atoms with Crippen LogP contribution in [0, 0.1) is 0 Å². The molecule has 0 saturated heterocycles. The Balaban J connectivity index is -0.0000000720. The summed E-state index contributed by atoms with van der Waals surface area (Å²) in [5.41, 5.74) is 9.85.